The Bertz CT molecular complexity index is 1750. The second kappa shape index (κ2) is 10.9. The lowest BCUT2D eigenvalue weighted by molar-refractivity contribution is -0.0712. The van der Waals surface area contributed by atoms with E-state index in [1.807, 2.05) is 24.3 Å². The molecule has 0 radical (unpaired) electrons. The van der Waals surface area contributed by atoms with E-state index in [1.165, 1.54) is 24.5 Å². The van der Waals surface area contributed by atoms with Crippen LogP contribution in [0.4, 0.5) is 4.39 Å². The first-order chi connectivity index (χ1) is 20.8. The smallest absolute Gasteiger partial charge is 0.348 e. The van der Waals surface area contributed by atoms with Gasteiger partial charge in [0.2, 0.25) is 0 Å². The molecule has 2 fully saturated rings. The number of ether oxygens (including phenoxy) is 4. The number of fused-ring (bicyclic) bond motifs is 2. The molecule has 4 aromatic rings. The van der Waals surface area contributed by atoms with Crippen molar-refractivity contribution in [2.45, 2.75) is 57.1 Å². The summed E-state index contributed by atoms with van der Waals surface area (Å²) in [6.45, 7) is 5.67. The van der Waals surface area contributed by atoms with Gasteiger partial charge >= 0.3 is 5.97 Å². The first kappa shape index (κ1) is 27.8. The van der Waals surface area contributed by atoms with Gasteiger partial charge in [-0.1, -0.05) is 12.1 Å². The van der Waals surface area contributed by atoms with Crippen molar-refractivity contribution >= 4 is 27.7 Å². The molecule has 1 unspecified atom stereocenters. The van der Waals surface area contributed by atoms with E-state index >= 15 is 0 Å². The number of hydrogen-bond acceptors (Lipinski definition) is 9. The average molecular weight is 603 g/mol. The molecule has 0 aliphatic carbocycles. The fourth-order valence-corrected chi connectivity index (χ4v) is 7.22. The van der Waals surface area contributed by atoms with Crippen LogP contribution in [0.15, 0.2) is 42.5 Å². The van der Waals surface area contributed by atoms with E-state index in [1.54, 1.807) is 19.1 Å². The van der Waals surface area contributed by atoms with E-state index in [9.17, 15) is 9.18 Å². The molecule has 2 aromatic carbocycles. The number of piperidine rings is 1. The molecule has 3 aliphatic rings. The van der Waals surface area contributed by atoms with E-state index in [2.05, 4.69) is 15.5 Å². The van der Waals surface area contributed by atoms with Crippen molar-refractivity contribution in [2.75, 3.05) is 26.8 Å². The number of carbonyl (C=O) groups excluding carboxylic acids is 1. The van der Waals surface area contributed by atoms with Crippen LogP contribution in [0.5, 0.6) is 11.5 Å². The Kier molecular flexibility index (Phi) is 7.08. The first-order valence-electron chi connectivity index (χ1n) is 14.5. The molecule has 0 bridgehead atoms. The number of methoxy groups -OCH3 is 1. The molecule has 2 atom stereocenters. The maximum absolute atomic E-state index is 14.9. The number of esters is 1. The number of aromatic nitrogens is 2. The van der Waals surface area contributed by atoms with Gasteiger partial charge in [-0.2, -0.15) is 5.26 Å². The van der Waals surface area contributed by atoms with Gasteiger partial charge < -0.3 is 23.5 Å². The largest absolute Gasteiger partial charge is 0.465 e. The van der Waals surface area contributed by atoms with Gasteiger partial charge in [0.15, 0.2) is 11.5 Å². The Morgan fingerprint density at radius 2 is 2.02 bits per heavy atom. The Labute approximate surface area is 252 Å². The van der Waals surface area contributed by atoms with Crippen molar-refractivity contribution < 1.29 is 28.1 Å². The average Bonchev–Trinajstić information content (AvgIpc) is 3.65. The molecule has 9 nitrogen and oxygen atoms in total. The molecule has 222 valence electrons. The minimum Gasteiger partial charge on any atom is -0.465 e. The van der Waals surface area contributed by atoms with Crippen molar-refractivity contribution in [1.82, 2.24) is 14.5 Å². The molecule has 7 rings (SSSR count). The van der Waals surface area contributed by atoms with Gasteiger partial charge in [0.25, 0.3) is 5.79 Å². The summed E-state index contributed by atoms with van der Waals surface area (Å²) in [7, 11) is 1.39. The van der Waals surface area contributed by atoms with Gasteiger partial charge in [-0.05, 0) is 68.6 Å². The number of benzene rings is 2. The lowest BCUT2D eigenvalue weighted by Gasteiger charge is -2.33. The molecule has 0 N–H and O–H groups in total. The van der Waals surface area contributed by atoms with Crippen LogP contribution in [-0.4, -0.2) is 53.3 Å². The van der Waals surface area contributed by atoms with Gasteiger partial charge in [0.1, 0.15) is 21.3 Å². The van der Waals surface area contributed by atoms with Crippen LogP contribution in [0.1, 0.15) is 64.3 Å². The topological polar surface area (TPSA) is 98.8 Å². The van der Waals surface area contributed by atoms with Crippen LogP contribution < -0.4 is 9.47 Å². The Morgan fingerprint density at radius 1 is 1.21 bits per heavy atom. The SMILES string of the molecule is COC(=O)c1cc2c(nc(CN3CCC(c4cccc5c4OC(C)(c4ccc(C#N)cc4F)O5)CC3)n2C[C@@H]2CCO2)s1. The van der Waals surface area contributed by atoms with Crippen LogP contribution >= 0.6 is 11.3 Å². The number of likely N-dealkylation sites (tertiary alicyclic amines) is 1. The van der Waals surface area contributed by atoms with Gasteiger partial charge in [-0.15, -0.1) is 11.3 Å². The predicted octanol–water partition coefficient (Wildman–Crippen LogP) is 5.71. The maximum atomic E-state index is 14.9. The van der Waals surface area contributed by atoms with Gasteiger partial charge in [-0.25, -0.2) is 14.2 Å². The molecule has 2 saturated heterocycles. The summed E-state index contributed by atoms with van der Waals surface area (Å²) in [5.41, 5.74) is 2.52. The summed E-state index contributed by atoms with van der Waals surface area (Å²) in [6.07, 6.45) is 3.03. The normalized spacial score (nSPS) is 22.0. The monoisotopic (exact) mass is 602 g/mol. The zero-order chi connectivity index (χ0) is 29.7. The van der Waals surface area contributed by atoms with Crippen molar-refractivity contribution in [1.29, 1.82) is 5.26 Å². The molecule has 5 heterocycles. The van der Waals surface area contributed by atoms with Crippen molar-refractivity contribution in [3.63, 3.8) is 0 Å². The van der Waals surface area contributed by atoms with Gasteiger partial charge in [0.05, 0.1) is 49.0 Å². The van der Waals surface area contributed by atoms with E-state index in [4.69, 9.17) is 29.2 Å². The minimum atomic E-state index is -1.32. The minimum absolute atomic E-state index is 0.161. The van der Waals surface area contributed by atoms with Crippen molar-refractivity contribution in [3.8, 4) is 17.6 Å². The molecule has 0 amide bonds. The number of hydrogen-bond donors (Lipinski definition) is 0. The Balaban J connectivity index is 1.06. The van der Waals surface area contributed by atoms with Crippen LogP contribution in [0.25, 0.3) is 10.3 Å². The number of imidazole rings is 1. The van der Waals surface area contributed by atoms with E-state index in [0.717, 1.165) is 60.7 Å². The van der Waals surface area contributed by atoms with Gasteiger partial charge in [0, 0.05) is 19.1 Å². The van der Waals surface area contributed by atoms with Gasteiger partial charge in [-0.3, -0.25) is 4.90 Å². The Hall–Kier alpha value is -3.98. The summed E-state index contributed by atoms with van der Waals surface area (Å²) in [6, 6.07) is 14.1. The summed E-state index contributed by atoms with van der Waals surface area (Å²) in [5, 5.41) is 9.12. The molecule has 11 heteroatoms. The fraction of sp³-hybridized carbons (Fsp3) is 0.406. The molecule has 3 aliphatic heterocycles. The third-order valence-electron chi connectivity index (χ3n) is 8.68. The number of rotatable bonds is 7. The van der Waals surface area contributed by atoms with Crippen LogP contribution in [-0.2, 0) is 28.4 Å². The lowest BCUT2D eigenvalue weighted by Crippen LogP contribution is -2.35. The predicted molar refractivity (Wildman–Crippen MR) is 157 cm³/mol. The second-order valence-electron chi connectivity index (χ2n) is 11.4. The zero-order valence-electron chi connectivity index (χ0n) is 24.0. The summed E-state index contributed by atoms with van der Waals surface area (Å²) in [5.74, 6) is 0.290. The highest BCUT2D eigenvalue weighted by Crippen LogP contribution is 2.49. The molecule has 43 heavy (non-hydrogen) atoms. The highest BCUT2D eigenvalue weighted by molar-refractivity contribution is 7.20. The third kappa shape index (κ3) is 5.03. The number of nitrogens with zero attached hydrogens (tertiary/aromatic N) is 4. The standard InChI is InChI=1S/C32H31FN4O5S/c1-32(23-7-6-19(16-34)14-24(23)33)41-26-5-3-4-22(29(26)42-32)20-8-11-36(12-9-20)18-28-35-30-25(15-27(43-30)31(38)39-2)37(28)17-21-10-13-40-21/h3-7,14-15,20-21H,8-13,17-18H2,1-2H3/t21-,32?/m0/s1. The Morgan fingerprint density at radius 3 is 2.72 bits per heavy atom. The summed E-state index contributed by atoms with van der Waals surface area (Å²) in [4.78, 5) is 20.9. The molecular formula is C32H31FN4O5S. The van der Waals surface area contributed by atoms with Crippen molar-refractivity contribution in [3.05, 3.63) is 75.7 Å². The fourth-order valence-electron chi connectivity index (χ4n) is 6.25. The van der Waals surface area contributed by atoms with Crippen LogP contribution in [0, 0.1) is 17.1 Å². The second-order valence-corrected chi connectivity index (χ2v) is 12.4. The van der Waals surface area contributed by atoms with Crippen molar-refractivity contribution in [2.24, 2.45) is 0 Å². The zero-order valence-corrected chi connectivity index (χ0v) is 24.8. The molecule has 0 saturated carbocycles. The summed E-state index contributed by atoms with van der Waals surface area (Å²) >= 11 is 1.36. The number of halogens is 1. The van der Waals surface area contributed by atoms with E-state index in [0.29, 0.717) is 29.5 Å². The highest BCUT2D eigenvalue weighted by atomic mass is 32.1. The highest BCUT2D eigenvalue weighted by Gasteiger charge is 2.43. The first-order valence-corrected chi connectivity index (χ1v) is 15.3. The quantitative estimate of drug-likeness (QED) is 0.248. The molecule has 2 aromatic heterocycles. The summed E-state index contributed by atoms with van der Waals surface area (Å²) < 4.78 is 40.3. The lowest BCUT2D eigenvalue weighted by atomic mass is 9.88. The molecule has 0 spiro atoms. The van der Waals surface area contributed by atoms with E-state index < -0.39 is 11.6 Å². The maximum Gasteiger partial charge on any atom is 0.348 e. The number of thiophene rings is 1. The third-order valence-corrected chi connectivity index (χ3v) is 9.68. The number of para-hydroxylation sites is 1. The molecular weight excluding hydrogens is 571 g/mol. The van der Waals surface area contributed by atoms with Crippen LogP contribution in [0.2, 0.25) is 0 Å². The van der Waals surface area contributed by atoms with E-state index in [-0.39, 0.29) is 29.1 Å². The number of nitriles is 1. The number of carbonyl (C=O) groups is 1. The van der Waals surface area contributed by atoms with Crippen LogP contribution in [0.3, 0.4) is 0 Å².